The zero-order valence-electron chi connectivity index (χ0n) is 16.8. The van der Waals surface area contributed by atoms with Gasteiger partial charge in [-0.1, -0.05) is 48.2 Å². The Morgan fingerprint density at radius 1 is 1.13 bits per heavy atom. The van der Waals surface area contributed by atoms with Gasteiger partial charge in [-0.3, -0.25) is 14.6 Å². The molecule has 0 radical (unpaired) electrons. The summed E-state index contributed by atoms with van der Waals surface area (Å²) < 4.78 is 5.21. The molecule has 1 aliphatic carbocycles. The third-order valence-corrected chi connectivity index (χ3v) is 6.19. The maximum Gasteiger partial charge on any atom is 0.316 e. The zero-order chi connectivity index (χ0) is 20.9. The summed E-state index contributed by atoms with van der Waals surface area (Å²) in [5.41, 5.74) is 4.07. The van der Waals surface area contributed by atoms with Gasteiger partial charge in [-0.25, -0.2) is 4.98 Å². The first-order chi connectivity index (χ1) is 14.6. The van der Waals surface area contributed by atoms with Gasteiger partial charge in [0.1, 0.15) is 5.03 Å². The van der Waals surface area contributed by atoms with E-state index in [0.29, 0.717) is 5.03 Å². The molecule has 0 N–H and O–H groups in total. The number of carbonyl (C=O) groups excluding carboxylic acids is 2. The maximum absolute atomic E-state index is 12.6. The van der Waals surface area contributed by atoms with Crippen molar-refractivity contribution in [2.45, 2.75) is 30.3 Å². The molecule has 0 bridgehead atoms. The number of rotatable bonds is 6. The minimum absolute atomic E-state index is 0.0309. The van der Waals surface area contributed by atoms with Crippen LogP contribution in [0, 0.1) is 0 Å². The number of aryl methyl sites for hydroxylation is 1. The average molecular weight is 422 g/mol. The lowest BCUT2D eigenvalue weighted by atomic mass is 9.87. The summed E-state index contributed by atoms with van der Waals surface area (Å²) in [5, 5.41) is 0.646. The number of carbonyl (C=O) groups is 2. The van der Waals surface area contributed by atoms with Crippen molar-refractivity contribution >= 4 is 34.7 Å². The average Bonchev–Trinajstić information content (AvgIpc) is 2.80. The first-order valence-electron chi connectivity index (χ1n) is 9.95. The third-order valence-electron chi connectivity index (χ3n) is 5.32. The Kier molecular flexibility index (Phi) is 6.28. The highest BCUT2D eigenvalue weighted by Gasteiger charge is 2.26. The lowest BCUT2D eigenvalue weighted by Gasteiger charge is -2.33. The number of likely N-dealkylation sites (N-methyl/N-ethyl adjacent to an activating group) is 1. The summed E-state index contributed by atoms with van der Waals surface area (Å²) in [5.74, 6) is -0.558. The minimum Gasteiger partial charge on any atom is -0.455 e. The van der Waals surface area contributed by atoms with Gasteiger partial charge in [-0.15, -0.1) is 0 Å². The molecule has 4 rings (SSSR count). The molecule has 1 aliphatic rings. The number of hydrogen-bond acceptors (Lipinski definition) is 6. The Bertz CT molecular complexity index is 1070. The standard InChI is InChI=1S/C23H23N3O3S/c1-26(20-12-6-8-16-7-2-3-9-17(16)20)22(27)14-29-23(28)15-30-21-13-24-18-10-4-5-11-19(18)25-21/h2-5,7,9-11,13,20H,6,8,12,14-15H2,1H3/t20-/m1/s1. The summed E-state index contributed by atoms with van der Waals surface area (Å²) in [6.45, 7) is -0.252. The van der Waals surface area contributed by atoms with Crippen molar-refractivity contribution in [2.24, 2.45) is 0 Å². The summed E-state index contributed by atoms with van der Waals surface area (Å²) in [4.78, 5) is 35.2. The van der Waals surface area contributed by atoms with Crippen molar-refractivity contribution in [3.05, 3.63) is 65.9 Å². The number of benzene rings is 2. The molecular formula is C23H23N3O3S. The number of fused-ring (bicyclic) bond motifs is 2. The van der Waals surface area contributed by atoms with E-state index in [1.54, 1.807) is 18.1 Å². The Labute approximate surface area is 179 Å². The molecule has 0 saturated carbocycles. The van der Waals surface area contributed by atoms with Crippen LogP contribution in [0.2, 0.25) is 0 Å². The van der Waals surface area contributed by atoms with Crippen LogP contribution in [0.1, 0.15) is 30.0 Å². The molecule has 0 saturated heterocycles. The highest BCUT2D eigenvalue weighted by atomic mass is 32.2. The second-order valence-corrected chi connectivity index (χ2v) is 8.25. The van der Waals surface area contributed by atoms with E-state index in [1.807, 2.05) is 36.4 Å². The normalized spacial score (nSPS) is 15.4. The summed E-state index contributed by atoms with van der Waals surface area (Å²) in [6.07, 6.45) is 4.64. The van der Waals surface area contributed by atoms with E-state index in [-0.39, 0.29) is 24.3 Å². The second kappa shape index (κ2) is 9.26. The van der Waals surface area contributed by atoms with Crippen LogP contribution >= 0.6 is 11.8 Å². The molecule has 3 aromatic rings. The number of esters is 1. The van der Waals surface area contributed by atoms with Gasteiger partial charge in [0.05, 0.1) is 29.0 Å². The fourth-order valence-corrected chi connectivity index (χ4v) is 4.37. The first kappa shape index (κ1) is 20.3. The van der Waals surface area contributed by atoms with E-state index in [0.717, 1.165) is 30.3 Å². The smallest absolute Gasteiger partial charge is 0.316 e. The minimum atomic E-state index is -0.444. The van der Waals surface area contributed by atoms with Crippen molar-refractivity contribution in [1.82, 2.24) is 14.9 Å². The summed E-state index contributed by atoms with van der Waals surface area (Å²) >= 11 is 1.25. The van der Waals surface area contributed by atoms with E-state index in [9.17, 15) is 9.59 Å². The van der Waals surface area contributed by atoms with Crippen LogP contribution < -0.4 is 0 Å². The zero-order valence-corrected chi connectivity index (χ0v) is 17.6. The predicted molar refractivity (Wildman–Crippen MR) is 116 cm³/mol. The van der Waals surface area contributed by atoms with Crippen LogP contribution in [0.15, 0.2) is 59.8 Å². The Morgan fingerprint density at radius 3 is 2.77 bits per heavy atom. The van der Waals surface area contributed by atoms with Crippen LogP contribution in [-0.2, 0) is 20.7 Å². The molecule has 0 unspecified atom stereocenters. The van der Waals surface area contributed by atoms with Gasteiger partial charge < -0.3 is 9.64 Å². The van der Waals surface area contributed by atoms with Crippen LogP contribution in [0.3, 0.4) is 0 Å². The van der Waals surface area contributed by atoms with E-state index < -0.39 is 5.97 Å². The largest absolute Gasteiger partial charge is 0.455 e. The molecule has 0 spiro atoms. The van der Waals surface area contributed by atoms with Crippen molar-refractivity contribution in [3.8, 4) is 0 Å². The van der Waals surface area contributed by atoms with Crippen molar-refractivity contribution in [2.75, 3.05) is 19.4 Å². The molecule has 1 aromatic heterocycles. The molecule has 7 heteroatoms. The summed E-state index contributed by atoms with van der Waals surface area (Å²) in [6, 6.07) is 15.8. The van der Waals surface area contributed by atoms with E-state index in [2.05, 4.69) is 22.1 Å². The lowest BCUT2D eigenvalue weighted by Crippen LogP contribution is -2.36. The molecule has 0 aliphatic heterocycles. The molecular weight excluding hydrogens is 398 g/mol. The van der Waals surface area contributed by atoms with Gasteiger partial charge in [0.25, 0.3) is 5.91 Å². The van der Waals surface area contributed by atoms with Gasteiger partial charge in [0.15, 0.2) is 6.61 Å². The van der Waals surface area contributed by atoms with Crippen LogP contribution in [-0.4, -0.2) is 46.2 Å². The SMILES string of the molecule is CN(C(=O)COC(=O)CSc1cnc2ccccc2n1)[C@@H]1CCCc2ccccc21. The van der Waals surface area contributed by atoms with Gasteiger partial charge in [-0.05, 0) is 42.5 Å². The van der Waals surface area contributed by atoms with E-state index in [4.69, 9.17) is 4.74 Å². The van der Waals surface area contributed by atoms with Crippen molar-refractivity contribution < 1.29 is 14.3 Å². The molecule has 2 aromatic carbocycles. The Hall–Kier alpha value is -2.93. The van der Waals surface area contributed by atoms with Crippen molar-refractivity contribution in [1.29, 1.82) is 0 Å². The topological polar surface area (TPSA) is 72.4 Å². The Morgan fingerprint density at radius 2 is 1.90 bits per heavy atom. The second-order valence-electron chi connectivity index (χ2n) is 7.26. The number of nitrogens with zero attached hydrogens (tertiary/aromatic N) is 3. The lowest BCUT2D eigenvalue weighted by molar-refractivity contribution is -0.150. The molecule has 1 atom stereocenters. The monoisotopic (exact) mass is 421 g/mol. The highest BCUT2D eigenvalue weighted by molar-refractivity contribution is 7.99. The highest BCUT2D eigenvalue weighted by Crippen LogP contribution is 2.33. The van der Waals surface area contributed by atoms with E-state index in [1.165, 1.54) is 22.9 Å². The number of aromatic nitrogens is 2. The van der Waals surface area contributed by atoms with Gasteiger partial charge in [-0.2, -0.15) is 0 Å². The van der Waals surface area contributed by atoms with Gasteiger partial charge in [0.2, 0.25) is 0 Å². The molecule has 1 amide bonds. The molecule has 30 heavy (non-hydrogen) atoms. The van der Waals surface area contributed by atoms with Gasteiger partial charge in [0, 0.05) is 7.05 Å². The molecule has 154 valence electrons. The first-order valence-corrected chi connectivity index (χ1v) is 10.9. The van der Waals surface area contributed by atoms with Crippen LogP contribution in [0.25, 0.3) is 11.0 Å². The number of para-hydroxylation sites is 2. The molecule has 1 heterocycles. The predicted octanol–water partition coefficient (Wildman–Crippen LogP) is 3.80. The number of hydrogen-bond donors (Lipinski definition) is 0. The number of thioether (sulfide) groups is 1. The van der Waals surface area contributed by atoms with E-state index >= 15 is 0 Å². The number of ether oxygens (including phenoxy) is 1. The van der Waals surface area contributed by atoms with Crippen LogP contribution in [0.4, 0.5) is 0 Å². The molecule has 6 nitrogen and oxygen atoms in total. The van der Waals surface area contributed by atoms with Crippen molar-refractivity contribution in [3.63, 3.8) is 0 Å². The fraction of sp³-hybridized carbons (Fsp3) is 0.304. The third kappa shape index (κ3) is 4.62. The fourth-order valence-electron chi connectivity index (χ4n) is 3.73. The number of amides is 1. The molecule has 0 fully saturated rings. The summed E-state index contributed by atoms with van der Waals surface area (Å²) in [7, 11) is 1.78. The van der Waals surface area contributed by atoms with Gasteiger partial charge >= 0.3 is 5.97 Å². The quantitative estimate of drug-likeness (QED) is 0.445. The maximum atomic E-state index is 12.6. The Balaban J connectivity index is 1.28. The van der Waals surface area contributed by atoms with Crippen LogP contribution in [0.5, 0.6) is 0 Å².